The molecule has 34 heavy (non-hydrogen) atoms. The van der Waals surface area contributed by atoms with Crippen LogP contribution in [0.5, 0.6) is 0 Å². The highest BCUT2D eigenvalue weighted by Crippen LogP contribution is 2.24. The number of aryl methyl sites for hydroxylation is 1. The number of unbranched alkanes of at least 4 members (excludes halogenated alkanes) is 5. The molecule has 3 rings (SSSR count). The van der Waals surface area contributed by atoms with E-state index in [1.54, 1.807) is 29.7 Å². The fourth-order valence-electron chi connectivity index (χ4n) is 4.05. The summed E-state index contributed by atoms with van der Waals surface area (Å²) in [6.45, 7) is 4.21. The van der Waals surface area contributed by atoms with Gasteiger partial charge in [-0.25, -0.2) is 9.59 Å². The van der Waals surface area contributed by atoms with Crippen LogP contribution < -0.4 is 5.69 Å². The second-order valence-corrected chi connectivity index (χ2v) is 8.51. The minimum absolute atomic E-state index is 0.213. The maximum absolute atomic E-state index is 13.0. The van der Waals surface area contributed by atoms with E-state index in [4.69, 9.17) is 0 Å². The van der Waals surface area contributed by atoms with Gasteiger partial charge in [-0.3, -0.25) is 9.36 Å². The van der Waals surface area contributed by atoms with Crippen molar-refractivity contribution in [3.63, 3.8) is 0 Å². The summed E-state index contributed by atoms with van der Waals surface area (Å²) in [5.74, 6) is -0.658. The van der Waals surface area contributed by atoms with Crippen LogP contribution in [0.4, 0.5) is 0 Å². The van der Waals surface area contributed by atoms with Crippen LogP contribution in [0.2, 0.25) is 0 Å². The van der Waals surface area contributed by atoms with Gasteiger partial charge in [0, 0.05) is 12.8 Å². The molecule has 0 bridgehead atoms. The van der Waals surface area contributed by atoms with E-state index in [0.717, 1.165) is 35.1 Å². The number of carbonyl (C=O) groups excluding carboxylic acids is 1. The Hall–Kier alpha value is -3.48. The molecule has 1 heterocycles. The van der Waals surface area contributed by atoms with Crippen LogP contribution in [0, 0.1) is 0 Å². The zero-order valence-corrected chi connectivity index (χ0v) is 20.0. The smallest absolute Gasteiger partial charge is 0.353 e. The first-order valence-electron chi connectivity index (χ1n) is 12.1. The number of aromatic carboxylic acids is 1. The number of carboxylic acid groups (broad SMARTS) is 1. The van der Waals surface area contributed by atoms with Crippen LogP contribution in [0.3, 0.4) is 0 Å². The Kier molecular flexibility index (Phi) is 8.96. The summed E-state index contributed by atoms with van der Waals surface area (Å²) >= 11 is 0. The van der Waals surface area contributed by atoms with Crippen molar-refractivity contribution in [1.29, 1.82) is 0 Å². The molecule has 0 saturated heterocycles. The molecule has 0 atom stereocenters. The van der Waals surface area contributed by atoms with E-state index < -0.39 is 11.7 Å². The van der Waals surface area contributed by atoms with Crippen molar-refractivity contribution in [3.05, 3.63) is 76.0 Å². The van der Waals surface area contributed by atoms with E-state index >= 15 is 0 Å². The standard InChI is InChI=1S/C27H33N3O4/c1-3-5-6-7-8-9-14-24-28-30(25(31)4-2)27(34)29(24)19-20-15-17-21(18-16-20)22-12-10-11-13-23(22)26(32)33/h10-13,15-18H,3-9,14,19H2,1-2H3,(H,32,33). The molecular formula is C27H33N3O4. The summed E-state index contributed by atoms with van der Waals surface area (Å²) in [6, 6.07) is 14.4. The fourth-order valence-corrected chi connectivity index (χ4v) is 4.05. The highest BCUT2D eigenvalue weighted by molar-refractivity contribution is 5.96. The summed E-state index contributed by atoms with van der Waals surface area (Å²) in [5, 5.41) is 13.8. The topological polar surface area (TPSA) is 94.2 Å². The molecule has 1 aromatic heterocycles. The van der Waals surface area contributed by atoms with Crippen molar-refractivity contribution in [2.75, 3.05) is 0 Å². The molecule has 2 aromatic carbocycles. The molecule has 0 aliphatic heterocycles. The quantitative estimate of drug-likeness (QED) is 0.362. The average Bonchev–Trinajstić information content (AvgIpc) is 3.16. The van der Waals surface area contributed by atoms with Crippen molar-refractivity contribution in [3.8, 4) is 11.1 Å². The van der Waals surface area contributed by atoms with Crippen LogP contribution in [0.15, 0.2) is 53.3 Å². The van der Waals surface area contributed by atoms with Crippen LogP contribution in [-0.4, -0.2) is 31.3 Å². The second-order valence-electron chi connectivity index (χ2n) is 8.51. The molecule has 7 nitrogen and oxygen atoms in total. The van der Waals surface area contributed by atoms with E-state index in [1.807, 2.05) is 30.3 Å². The normalized spacial score (nSPS) is 11.0. The highest BCUT2D eigenvalue weighted by atomic mass is 16.4. The Balaban J connectivity index is 1.81. The van der Waals surface area contributed by atoms with Crippen molar-refractivity contribution >= 4 is 11.9 Å². The lowest BCUT2D eigenvalue weighted by Crippen LogP contribution is -2.30. The lowest BCUT2D eigenvalue weighted by atomic mass is 9.99. The molecule has 0 aliphatic rings. The fraction of sp³-hybridized carbons (Fsp3) is 0.407. The van der Waals surface area contributed by atoms with Gasteiger partial charge in [0.1, 0.15) is 5.82 Å². The van der Waals surface area contributed by atoms with Gasteiger partial charge in [0.15, 0.2) is 0 Å². The lowest BCUT2D eigenvalue weighted by Gasteiger charge is -2.09. The zero-order valence-electron chi connectivity index (χ0n) is 20.0. The summed E-state index contributed by atoms with van der Waals surface area (Å²) < 4.78 is 2.57. The van der Waals surface area contributed by atoms with Crippen LogP contribution in [0.25, 0.3) is 11.1 Å². The van der Waals surface area contributed by atoms with Gasteiger partial charge in [0.05, 0.1) is 12.1 Å². The molecule has 0 radical (unpaired) electrons. The van der Waals surface area contributed by atoms with Gasteiger partial charge in [0.2, 0.25) is 0 Å². The third kappa shape index (κ3) is 6.10. The molecule has 0 saturated carbocycles. The minimum atomic E-state index is -0.974. The zero-order chi connectivity index (χ0) is 24.5. The van der Waals surface area contributed by atoms with E-state index in [0.29, 0.717) is 24.4 Å². The molecule has 0 fully saturated rings. The summed E-state index contributed by atoms with van der Waals surface area (Å²) in [6.07, 6.45) is 7.66. The molecule has 0 aliphatic carbocycles. The molecule has 0 unspecified atom stereocenters. The molecule has 7 heteroatoms. The number of hydrogen-bond acceptors (Lipinski definition) is 4. The number of hydrogen-bond donors (Lipinski definition) is 1. The van der Waals surface area contributed by atoms with Gasteiger partial charge < -0.3 is 5.11 Å². The molecule has 0 amide bonds. The average molecular weight is 464 g/mol. The summed E-state index contributed by atoms with van der Waals surface area (Å²) in [7, 11) is 0. The first-order chi connectivity index (χ1) is 16.5. The van der Waals surface area contributed by atoms with Gasteiger partial charge >= 0.3 is 11.7 Å². The number of carbonyl (C=O) groups is 2. The van der Waals surface area contributed by atoms with Gasteiger partial charge in [-0.2, -0.15) is 0 Å². The number of benzene rings is 2. The Morgan fingerprint density at radius 1 is 0.912 bits per heavy atom. The lowest BCUT2D eigenvalue weighted by molar-refractivity contribution is 0.0697. The molecule has 3 aromatic rings. The first kappa shape index (κ1) is 25.1. The molecular weight excluding hydrogens is 430 g/mol. The third-order valence-electron chi connectivity index (χ3n) is 5.99. The van der Waals surface area contributed by atoms with E-state index in [-0.39, 0.29) is 17.9 Å². The largest absolute Gasteiger partial charge is 0.478 e. The maximum Gasteiger partial charge on any atom is 0.353 e. The number of aromatic nitrogens is 3. The Morgan fingerprint density at radius 2 is 1.59 bits per heavy atom. The Bertz CT molecular complexity index is 1180. The van der Waals surface area contributed by atoms with Crippen LogP contribution in [-0.2, 0) is 13.0 Å². The predicted molar refractivity (Wildman–Crippen MR) is 132 cm³/mol. The van der Waals surface area contributed by atoms with E-state index in [1.165, 1.54) is 19.3 Å². The highest BCUT2D eigenvalue weighted by Gasteiger charge is 2.18. The SMILES string of the molecule is CCCCCCCCc1nn(C(=O)CC)c(=O)n1Cc1ccc(-c2ccccc2C(=O)O)cc1. The Labute approximate surface area is 200 Å². The maximum atomic E-state index is 13.0. The van der Waals surface area contributed by atoms with Crippen LogP contribution >= 0.6 is 0 Å². The Morgan fingerprint density at radius 3 is 2.26 bits per heavy atom. The third-order valence-corrected chi connectivity index (χ3v) is 5.99. The predicted octanol–water partition coefficient (Wildman–Crippen LogP) is 5.41. The molecule has 1 N–H and O–H groups in total. The van der Waals surface area contributed by atoms with Gasteiger partial charge in [0.25, 0.3) is 5.91 Å². The molecule has 180 valence electrons. The number of carboxylic acids is 1. The monoisotopic (exact) mass is 463 g/mol. The number of nitrogens with zero attached hydrogens (tertiary/aromatic N) is 3. The summed E-state index contributed by atoms with van der Waals surface area (Å²) in [4.78, 5) is 36.7. The van der Waals surface area contributed by atoms with Gasteiger partial charge in [-0.15, -0.1) is 9.78 Å². The van der Waals surface area contributed by atoms with Crippen molar-refractivity contribution in [2.45, 2.75) is 71.8 Å². The second kappa shape index (κ2) is 12.1. The summed E-state index contributed by atoms with van der Waals surface area (Å²) in [5.41, 5.74) is 2.15. The minimum Gasteiger partial charge on any atom is -0.478 e. The first-order valence-corrected chi connectivity index (χ1v) is 12.1. The van der Waals surface area contributed by atoms with Crippen molar-refractivity contribution < 1.29 is 14.7 Å². The van der Waals surface area contributed by atoms with Gasteiger partial charge in [-0.05, 0) is 29.2 Å². The van der Waals surface area contributed by atoms with E-state index in [2.05, 4.69) is 12.0 Å². The number of rotatable bonds is 12. The van der Waals surface area contributed by atoms with Crippen LogP contribution in [0.1, 0.15) is 85.3 Å². The molecule has 0 spiro atoms. The van der Waals surface area contributed by atoms with E-state index in [9.17, 15) is 19.5 Å². The van der Waals surface area contributed by atoms with Crippen molar-refractivity contribution in [2.24, 2.45) is 0 Å². The van der Waals surface area contributed by atoms with Gasteiger partial charge in [-0.1, -0.05) is 88.4 Å². The van der Waals surface area contributed by atoms with Crippen molar-refractivity contribution in [1.82, 2.24) is 14.3 Å².